The molecule has 1 heterocycles. The van der Waals surface area contributed by atoms with Crippen LogP contribution in [0.5, 0.6) is 0 Å². The Morgan fingerprint density at radius 3 is 2.94 bits per heavy atom. The van der Waals surface area contributed by atoms with E-state index in [0.717, 1.165) is 18.1 Å². The zero-order valence-corrected chi connectivity index (χ0v) is 10.2. The molecule has 0 spiro atoms. The van der Waals surface area contributed by atoms with Gasteiger partial charge in [-0.2, -0.15) is 0 Å². The van der Waals surface area contributed by atoms with Gasteiger partial charge >= 0.3 is 0 Å². The number of anilines is 1. The fourth-order valence-electron chi connectivity index (χ4n) is 2.34. The number of nitrogens with one attached hydrogen (secondary N) is 1. The highest BCUT2D eigenvalue weighted by Gasteiger charge is 2.13. The lowest BCUT2D eigenvalue weighted by atomic mass is 9.90. The van der Waals surface area contributed by atoms with Crippen LogP contribution in [-0.4, -0.2) is 11.6 Å². The molecule has 17 heavy (non-hydrogen) atoms. The Kier molecular flexibility index (Phi) is 4.76. The van der Waals surface area contributed by atoms with Gasteiger partial charge in [0.25, 0.3) is 0 Å². The molecule has 1 aliphatic carbocycles. The Labute approximate surface area is 103 Å². The van der Waals surface area contributed by atoms with Gasteiger partial charge in [0.2, 0.25) is 0 Å². The van der Waals surface area contributed by atoms with E-state index in [-0.39, 0.29) is 0 Å². The van der Waals surface area contributed by atoms with Crippen LogP contribution in [0.4, 0.5) is 5.82 Å². The number of aromatic nitrogens is 1. The predicted molar refractivity (Wildman–Crippen MR) is 68.3 cm³/mol. The zero-order chi connectivity index (χ0) is 11.9. The van der Waals surface area contributed by atoms with Crippen LogP contribution in [0, 0.1) is 5.92 Å². The number of ether oxygens (including phenoxy) is 1. The highest BCUT2D eigenvalue weighted by atomic mass is 16.5. The Morgan fingerprint density at radius 1 is 1.35 bits per heavy atom. The van der Waals surface area contributed by atoms with Crippen LogP contribution in [-0.2, 0) is 11.3 Å². The third-order valence-corrected chi connectivity index (χ3v) is 3.32. The van der Waals surface area contributed by atoms with E-state index in [1.54, 1.807) is 6.20 Å². The summed E-state index contributed by atoms with van der Waals surface area (Å²) in [5.74, 6) is 6.76. The van der Waals surface area contributed by atoms with Crippen LogP contribution in [0.25, 0.3) is 0 Å². The summed E-state index contributed by atoms with van der Waals surface area (Å²) in [6, 6.07) is 3.88. The van der Waals surface area contributed by atoms with Gasteiger partial charge in [-0.25, -0.2) is 10.8 Å². The molecule has 1 saturated carbocycles. The molecule has 94 valence electrons. The smallest absolute Gasteiger partial charge is 0.140 e. The van der Waals surface area contributed by atoms with E-state index < -0.39 is 0 Å². The molecule has 1 fully saturated rings. The molecule has 4 nitrogen and oxygen atoms in total. The number of hydrogen-bond acceptors (Lipinski definition) is 4. The van der Waals surface area contributed by atoms with Crippen LogP contribution >= 0.6 is 0 Å². The molecule has 0 aromatic carbocycles. The molecular formula is C13H21N3O. The standard InChI is InChI=1S/C13H21N3O/c14-16-13-8-12(6-7-15-13)10-17-9-11-4-2-1-3-5-11/h6-8,11H,1-5,9-10,14H2,(H,15,16). The van der Waals surface area contributed by atoms with Crippen molar-refractivity contribution in [1.29, 1.82) is 0 Å². The van der Waals surface area contributed by atoms with E-state index in [2.05, 4.69) is 10.4 Å². The molecule has 0 unspecified atom stereocenters. The Bertz CT molecular complexity index is 337. The fourth-order valence-corrected chi connectivity index (χ4v) is 2.34. The SMILES string of the molecule is NNc1cc(COCC2CCCCC2)ccn1. The summed E-state index contributed by atoms with van der Waals surface area (Å²) in [7, 11) is 0. The minimum atomic E-state index is 0.647. The third-order valence-electron chi connectivity index (χ3n) is 3.32. The molecule has 0 bridgehead atoms. The van der Waals surface area contributed by atoms with Crippen molar-refractivity contribution in [3.8, 4) is 0 Å². The van der Waals surface area contributed by atoms with Crippen LogP contribution in [0.3, 0.4) is 0 Å². The van der Waals surface area contributed by atoms with Gasteiger partial charge < -0.3 is 10.2 Å². The number of hydrogen-bond donors (Lipinski definition) is 2. The summed E-state index contributed by atoms with van der Waals surface area (Å²) in [6.07, 6.45) is 8.52. The van der Waals surface area contributed by atoms with Crippen molar-refractivity contribution >= 4 is 5.82 Å². The van der Waals surface area contributed by atoms with E-state index in [0.29, 0.717) is 12.4 Å². The maximum Gasteiger partial charge on any atom is 0.140 e. The summed E-state index contributed by atoms with van der Waals surface area (Å²) >= 11 is 0. The lowest BCUT2D eigenvalue weighted by Crippen LogP contribution is -2.13. The number of nitrogens with two attached hydrogens (primary N) is 1. The summed E-state index contributed by atoms with van der Waals surface area (Å²) in [5, 5.41) is 0. The molecule has 0 aliphatic heterocycles. The van der Waals surface area contributed by atoms with Gasteiger partial charge in [-0.15, -0.1) is 0 Å². The highest BCUT2D eigenvalue weighted by Crippen LogP contribution is 2.24. The number of nitrogen functional groups attached to an aromatic ring is 1. The third kappa shape index (κ3) is 3.98. The summed E-state index contributed by atoms with van der Waals surface area (Å²) in [6.45, 7) is 1.53. The van der Waals surface area contributed by atoms with Crippen molar-refractivity contribution in [2.45, 2.75) is 38.7 Å². The van der Waals surface area contributed by atoms with Gasteiger partial charge in [0.1, 0.15) is 5.82 Å². The summed E-state index contributed by atoms with van der Waals surface area (Å²) in [5.41, 5.74) is 3.66. The minimum Gasteiger partial charge on any atom is -0.376 e. The average Bonchev–Trinajstić information content (AvgIpc) is 2.40. The van der Waals surface area contributed by atoms with E-state index in [4.69, 9.17) is 10.6 Å². The maximum atomic E-state index is 5.76. The molecule has 3 N–H and O–H groups in total. The number of pyridine rings is 1. The normalized spacial score (nSPS) is 17.0. The van der Waals surface area contributed by atoms with Crippen LogP contribution in [0.2, 0.25) is 0 Å². The topological polar surface area (TPSA) is 60.2 Å². The van der Waals surface area contributed by atoms with Crippen molar-refractivity contribution in [2.24, 2.45) is 11.8 Å². The molecule has 1 aromatic rings. The van der Waals surface area contributed by atoms with Crippen molar-refractivity contribution in [3.05, 3.63) is 23.9 Å². The van der Waals surface area contributed by atoms with Crippen molar-refractivity contribution in [2.75, 3.05) is 12.0 Å². The predicted octanol–water partition coefficient (Wildman–Crippen LogP) is 2.46. The van der Waals surface area contributed by atoms with Gasteiger partial charge in [0.05, 0.1) is 6.61 Å². The minimum absolute atomic E-state index is 0.647. The second kappa shape index (κ2) is 6.57. The van der Waals surface area contributed by atoms with E-state index in [1.807, 2.05) is 12.1 Å². The lowest BCUT2D eigenvalue weighted by Gasteiger charge is -2.21. The van der Waals surface area contributed by atoms with Crippen molar-refractivity contribution < 1.29 is 4.74 Å². The fraction of sp³-hybridized carbons (Fsp3) is 0.615. The molecule has 0 saturated heterocycles. The summed E-state index contributed by atoms with van der Waals surface area (Å²) < 4.78 is 5.76. The maximum absolute atomic E-state index is 5.76. The monoisotopic (exact) mass is 235 g/mol. The number of nitrogens with zero attached hydrogens (tertiary/aromatic N) is 1. The molecule has 1 aromatic heterocycles. The number of hydrazine groups is 1. The molecule has 0 amide bonds. The van der Waals surface area contributed by atoms with Gasteiger partial charge in [-0.1, -0.05) is 19.3 Å². The first kappa shape index (κ1) is 12.3. The lowest BCUT2D eigenvalue weighted by molar-refractivity contribution is 0.0739. The summed E-state index contributed by atoms with van der Waals surface area (Å²) in [4.78, 5) is 4.06. The number of rotatable bonds is 5. The van der Waals surface area contributed by atoms with E-state index >= 15 is 0 Å². The van der Waals surface area contributed by atoms with Gasteiger partial charge in [0, 0.05) is 12.8 Å². The quantitative estimate of drug-likeness (QED) is 0.608. The van der Waals surface area contributed by atoms with Gasteiger partial charge in [-0.3, -0.25) is 0 Å². The first-order valence-corrected chi connectivity index (χ1v) is 6.38. The second-order valence-corrected chi connectivity index (χ2v) is 4.71. The van der Waals surface area contributed by atoms with Crippen LogP contribution in [0.15, 0.2) is 18.3 Å². The highest BCUT2D eigenvalue weighted by molar-refractivity contribution is 5.35. The van der Waals surface area contributed by atoms with E-state index in [9.17, 15) is 0 Å². The van der Waals surface area contributed by atoms with Crippen molar-refractivity contribution in [3.63, 3.8) is 0 Å². The Balaban J connectivity index is 1.73. The molecule has 0 atom stereocenters. The van der Waals surface area contributed by atoms with Crippen molar-refractivity contribution in [1.82, 2.24) is 4.98 Å². The first-order chi connectivity index (χ1) is 8.38. The molecule has 2 rings (SSSR count). The molecule has 0 radical (unpaired) electrons. The first-order valence-electron chi connectivity index (χ1n) is 6.38. The molecule has 1 aliphatic rings. The van der Waals surface area contributed by atoms with Gasteiger partial charge in [-0.05, 0) is 36.5 Å². The molecule has 4 heteroatoms. The second-order valence-electron chi connectivity index (χ2n) is 4.71. The Morgan fingerprint density at radius 2 is 2.18 bits per heavy atom. The largest absolute Gasteiger partial charge is 0.376 e. The van der Waals surface area contributed by atoms with Crippen LogP contribution < -0.4 is 11.3 Å². The van der Waals surface area contributed by atoms with Gasteiger partial charge in [0.15, 0.2) is 0 Å². The van der Waals surface area contributed by atoms with E-state index in [1.165, 1.54) is 32.1 Å². The Hall–Kier alpha value is -1.13. The zero-order valence-electron chi connectivity index (χ0n) is 10.2. The van der Waals surface area contributed by atoms with Crippen LogP contribution in [0.1, 0.15) is 37.7 Å². The molecular weight excluding hydrogens is 214 g/mol. The average molecular weight is 235 g/mol.